The largest absolute Gasteiger partial charge is 0.493 e. The number of unbranched alkanes of at least 4 members (excludes halogenated alkanes) is 2. The average molecular weight is 739 g/mol. The zero-order valence-corrected chi connectivity index (χ0v) is 30.3. The molecule has 2 saturated heterocycles. The lowest BCUT2D eigenvalue weighted by Crippen LogP contribution is -2.52. The highest BCUT2D eigenvalue weighted by Crippen LogP contribution is 2.34. The number of anilines is 1. The van der Waals surface area contributed by atoms with Crippen molar-refractivity contribution in [1.29, 1.82) is 5.26 Å². The summed E-state index contributed by atoms with van der Waals surface area (Å²) in [5.74, 6) is 0.311. The van der Waals surface area contributed by atoms with E-state index in [1.165, 1.54) is 0 Å². The fraction of sp³-hybridized carbons (Fsp3) is 0.425. The first-order chi connectivity index (χ1) is 25.7. The Morgan fingerprint density at radius 1 is 0.981 bits per heavy atom. The second kappa shape index (κ2) is 16.3. The van der Waals surface area contributed by atoms with Crippen molar-refractivity contribution in [3.63, 3.8) is 0 Å². The summed E-state index contributed by atoms with van der Waals surface area (Å²) < 4.78 is 12.1. The summed E-state index contributed by atoms with van der Waals surface area (Å²) in [6, 6.07) is 19.8. The van der Waals surface area contributed by atoms with E-state index in [0.717, 1.165) is 63.2 Å². The predicted molar refractivity (Wildman–Crippen MR) is 198 cm³/mol. The molecule has 0 bridgehead atoms. The monoisotopic (exact) mass is 738 g/mol. The van der Waals surface area contributed by atoms with Crippen molar-refractivity contribution < 1.29 is 28.7 Å². The molecule has 3 heterocycles. The molecule has 0 radical (unpaired) electrons. The zero-order chi connectivity index (χ0) is 36.9. The number of halogens is 1. The third-order valence-electron chi connectivity index (χ3n) is 10.6. The van der Waals surface area contributed by atoms with Crippen LogP contribution in [0.4, 0.5) is 5.69 Å². The minimum Gasteiger partial charge on any atom is -0.493 e. The van der Waals surface area contributed by atoms with Crippen LogP contribution in [-0.2, 0) is 16.1 Å². The molecule has 1 aliphatic carbocycles. The topological polar surface area (TPSA) is 144 Å². The molecule has 4 amide bonds. The molecule has 276 valence electrons. The van der Waals surface area contributed by atoms with Gasteiger partial charge in [-0.2, -0.15) is 5.26 Å². The highest BCUT2D eigenvalue weighted by molar-refractivity contribution is 6.31. The molecule has 3 fully saturated rings. The standard InChI is InChI=1S/C40H43ClN6O6/c41-34-23-30(12-9-27(34)24-42)53-31-21-28(22-31)43-38(49)26-7-10-29(11-8-26)46-18-16-45(17-19-46)15-2-1-3-20-52-36-6-4-5-32-33(36)25-47(40(32)51)35-13-14-37(48)44-39(35)50/h4-12,23,28,31,35H,1-3,13-22,25H2,(H,43,49)(H,44,48,50). The van der Waals surface area contributed by atoms with Crippen molar-refractivity contribution in [2.45, 2.75) is 69.7 Å². The Labute approximate surface area is 313 Å². The van der Waals surface area contributed by atoms with Crippen LogP contribution in [0.25, 0.3) is 0 Å². The average Bonchev–Trinajstić information content (AvgIpc) is 3.48. The Kier molecular flexibility index (Phi) is 11.1. The summed E-state index contributed by atoms with van der Waals surface area (Å²) in [7, 11) is 0. The molecule has 1 atom stereocenters. The van der Waals surface area contributed by atoms with E-state index in [4.69, 9.17) is 26.3 Å². The first-order valence-electron chi connectivity index (χ1n) is 18.4. The minimum absolute atomic E-state index is 0.00262. The number of nitrogens with zero attached hydrogens (tertiary/aromatic N) is 4. The van der Waals surface area contributed by atoms with Crippen molar-refractivity contribution in [2.24, 2.45) is 0 Å². The summed E-state index contributed by atoms with van der Waals surface area (Å²) in [6.45, 7) is 5.69. The van der Waals surface area contributed by atoms with Gasteiger partial charge in [-0.25, -0.2) is 0 Å². The molecule has 1 saturated carbocycles. The highest BCUT2D eigenvalue weighted by atomic mass is 35.5. The number of imide groups is 1. The van der Waals surface area contributed by atoms with Crippen LogP contribution in [0.3, 0.4) is 0 Å². The number of benzene rings is 3. The van der Waals surface area contributed by atoms with E-state index < -0.39 is 11.9 Å². The minimum atomic E-state index is -0.639. The van der Waals surface area contributed by atoms with Crippen molar-refractivity contribution in [3.8, 4) is 17.6 Å². The summed E-state index contributed by atoms with van der Waals surface area (Å²) in [5.41, 5.74) is 3.53. The first kappa shape index (κ1) is 36.2. The molecule has 1 unspecified atom stereocenters. The van der Waals surface area contributed by atoms with Crippen LogP contribution >= 0.6 is 11.6 Å². The number of rotatable bonds is 13. The van der Waals surface area contributed by atoms with Gasteiger partial charge in [0.2, 0.25) is 11.8 Å². The second-order valence-corrected chi connectivity index (χ2v) is 14.5. The first-order valence-corrected chi connectivity index (χ1v) is 18.8. The smallest absolute Gasteiger partial charge is 0.255 e. The Morgan fingerprint density at radius 2 is 1.77 bits per heavy atom. The van der Waals surface area contributed by atoms with Crippen LogP contribution in [0.1, 0.15) is 76.8 Å². The van der Waals surface area contributed by atoms with Gasteiger partial charge in [-0.05, 0) is 80.8 Å². The number of piperazine rings is 1. The zero-order valence-electron chi connectivity index (χ0n) is 29.5. The van der Waals surface area contributed by atoms with Gasteiger partial charge in [0.05, 0.1) is 23.7 Å². The molecular formula is C40H43ClN6O6. The van der Waals surface area contributed by atoms with Gasteiger partial charge in [-0.15, -0.1) is 0 Å². The Balaban J connectivity index is 0.771. The van der Waals surface area contributed by atoms with Gasteiger partial charge in [-0.3, -0.25) is 29.4 Å². The number of piperidine rings is 1. The normalized spacial score (nSPS) is 21.4. The second-order valence-electron chi connectivity index (χ2n) is 14.1. The maximum Gasteiger partial charge on any atom is 0.255 e. The maximum atomic E-state index is 13.1. The SMILES string of the molecule is N#Cc1ccc(OC2CC(NC(=O)c3ccc(N4CCN(CCCCCOc5cccc6c5CN(C5CCC(=O)NC5=O)C6=O)CC4)cc3)C2)cc1Cl. The van der Waals surface area contributed by atoms with Crippen molar-refractivity contribution in [1.82, 2.24) is 20.4 Å². The van der Waals surface area contributed by atoms with Crippen molar-refractivity contribution in [3.05, 3.63) is 87.9 Å². The Bertz CT molecular complexity index is 1900. The predicted octanol–water partition coefficient (Wildman–Crippen LogP) is 4.68. The number of fused-ring (bicyclic) bond motifs is 1. The number of carbonyl (C=O) groups is 4. The van der Waals surface area contributed by atoms with E-state index in [9.17, 15) is 19.2 Å². The number of carbonyl (C=O) groups excluding carboxylic acids is 4. The van der Waals surface area contributed by atoms with E-state index >= 15 is 0 Å². The van der Waals surface area contributed by atoms with Crippen LogP contribution in [0.5, 0.6) is 11.5 Å². The highest BCUT2D eigenvalue weighted by Gasteiger charge is 2.40. The number of nitrogens with one attached hydrogen (secondary N) is 2. The summed E-state index contributed by atoms with van der Waals surface area (Å²) in [5, 5.41) is 14.9. The number of ether oxygens (including phenoxy) is 2. The fourth-order valence-corrected chi connectivity index (χ4v) is 7.66. The lowest BCUT2D eigenvalue weighted by Gasteiger charge is -2.36. The molecule has 12 nitrogen and oxygen atoms in total. The lowest BCUT2D eigenvalue weighted by molar-refractivity contribution is -0.136. The quantitative estimate of drug-likeness (QED) is 0.189. The van der Waals surface area contributed by atoms with Gasteiger partial charge in [0.25, 0.3) is 11.8 Å². The molecule has 3 aromatic rings. The summed E-state index contributed by atoms with van der Waals surface area (Å²) in [4.78, 5) is 56.3. The molecule has 7 rings (SSSR count). The van der Waals surface area contributed by atoms with E-state index in [-0.39, 0.29) is 36.3 Å². The van der Waals surface area contributed by atoms with Crippen LogP contribution in [-0.4, -0.2) is 90.9 Å². The van der Waals surface area contributed by atoms with E-state index in [1.54, 1.807) is 29.2 Å². The fourth-order valence-electron chi connectivity index (χ4n) is 7.44. The number of hydrogen-bond donors (Lipinski definition) is 2. The summed E-state index contributed by atoms with van der Waals surface area (Å²) >= 11 is 6.10. The number of nitriles is 1. The van der Waals surface area contributed by atoms with Gasteiger partial charge in [-0.1, -0.05) is 17.7 Å². The van der Waals surface area contributed by atoms with Crippen LogP contribution in [0.15, 0.2) is 60.7 Å². The lowest BCUT2D eigenvalue weighted by atomic mass is 9.89. The maximum absolute atomic E-state index is 13.1. The van der Waals surface area contributed by atoms with Gasteiger partial charge in [0.15, 0.2) is 0 Å². The molecule has 0 aromatic heterocycles. The molecule has 3 aliphatic heterocycles. The summed E-state index contributed by atoms with van der Waals surface area (Å²) in [6.07, 6.45) is 4.99. The van der Waals surface area contributed by atoms with Gasteiger partial charge >= 0.3 is 0 Å². The van der Waals surface area contributed by atoms with Crippen LogP contribution in [0, 0.1) is 11.3 Å². The molecule has 3 aromatic carbocycles. The number of hydrogen-bond acceptors (Lipinski definition) is 9. The molecule has 2 N–H and O–H groups in total. The molecule has 4 aliphatic rings. The van der Waals surface area contributed by atoms with E-state index in [0.29, 0.717) is 65.6 Å². The number of amides is 4. The Hall–Kier alpha value is -5.12. The molecule has 0 spiro atoms. The third kappa shape index (κ3) is 8.42. The van der Waals surface area contributed by atoms with Crippen LogP contribution in [0.2, 0.25) is 5.02 Å². The van der Waals surface area contributed by atoms with Crippen molar-refractivity contribution in [2.75, 3.05) is 44.2 Å². The van der Waals surface area contributed by atoms with Gasteiger partial charge < -0.3 is 24.6 Å². The van der Waals surface area contributed by atoms with Crippen LogP contribution < -0.4 is 25.0 Å². The Morgan fingerprint density at radius 3 is 2.51 bits per heavy atom. The van der Waals surface area contributed by atoms with Crippen molar-refractivity contribution >= 4 is 40.9 Å². The third-order valence-corrected chi connectivity index (χ3v) is 10.9. The van der Waals surface area contributed by atoms with E-state index in [1.807, 2.05) is 42.5 Å². The van der Waals surface area contributed by atoms with Gasteiger partial charge in [0, 0.05) is 79.9 Å². The van der Waals surface area contributed by atoms with Gasteiger partial charge in [0.1, 0.15) is 29.7 Å². The molecule has 53 heavy (non-hydrogen) atoms. The molecule has 13 heteroatoms. The van der Waals surface area contributed by atoms with E-state index in [2.05, 4.69) is 20.4 Å². The molecular weight excluding hydrogens is 696 g/mol.